The second kappa shape index (κ2) is 18.2. The normalized spacial score (nSPS) is 11.9. The van der Waals surface area contributed by atoms with Gasteiger partial charge in [0, 0.05) is 59.0 Å². The van der Waals surface area contributed by atoms with Crippen molar-refractivity contribution in [1.29, 1.82) is 5.26 Å². The summed E-state index contributed by atoms with van der Waals surface area (Å²) >= 11 is 0. The average molecular weight is 869 g/mol. The molecule has 0 saturated carbocycles. The maximum absolute atomic E-state index is 13.6. The van der Waals surface area contributed by atoms with Crippen molar-refractivity contribution in [2.45, 2.75) is 27.7 Å². The summed E-state index contributed by atoms with van der Waals surface area (Å²) in [5.74, 6) is -1.65. The smallest absolute Gasteiger partial charge is 0.350 e. The van der Waals surface area contributed by atoms with Crippen LogP contribution in [0.2, 0.25) is 0 Å². The molecule has 2 aromatic heterocycles. The van der Waals surface area contributed by atoms with Crippen LogP contribution in [0.15, 0.2) is 146 Å². The fourth-order valence-electron chi connectivity index (χ4n) is 8.63. The largest absolute Gasteiger partial charge is 0.474 e. The highest BCUT2D eigenvalue weighted by molar-refractivity contribution is 6.20. The van der Waals surface area contributed by atoms with Gasteiger partial charge in [-0.3, -0.25) is 4.79 Å². The molecule has 0 fully saturated rings. The number of ether oxygens (including phenoxy) is 2. The van der Waals surface area contributed by atoms with Gasteiger partial charge in [0.15, 0.2) is 5.57 Å². The third-order valence-corrected chi connectivity index (χ3v) is 12.0. The average Bonchev–Trinajstić information content (AvgIpc) is 3.77. The Labute approximate surface area is 384 Å². The second-order valence-electron chi connectivity index (χ2n) is 16.3. The van der Waals surface area contributed by atoms with E-state index >= 15 is 0 Å². The standard InChI is InChI=1S/C56H48N6O4/c1-35-10-22-41(23-11-35)61(42-24-12-36(2)13-25-42)45-30-18-39(19-31-45)51-48-49(54(60(51)7)50(58-5)56(64)66-9)52(59(6)53(48)47(34-57)55(63)65-8)40-20-32-46(33-21-40)62(43-26-14-37(3)15-27-43)44-28-16-38(4)17-29-44/h10-33H,1-4,6-9H3. The van der Waals surface area contributed by atoms with E-state index in [0.717, 1.165) is 56.4 Å². The number of carbonyl (C=O) groups excluding carboxylic acids is 2. The van der Waals surface area contributed by atoms with E-state index in [0.29, 0.717) is 33.3 Å². The fourth-order valence-corrected chi connectivity index (χ4v) is 8.63. The number of aromatic nitrogens is 2. The minimum Gasteiger partial charge on any atom is -0.474 e. The third-order valence-electron chi connectivity index (χ3n) is 12.0. The number of anilines is 6. The zero-order chi connectivity index (χ0) is 46.8. The molecule has 10 heteroatoms. The van der Waals surface area contributed by atoms with Gasteiger partial charge in [0.05, 0.1) is 42.9 Å². The van der Waals surface area contributed by atoms with Crippen LogP contribution >= 0.6 is 0 Å². The molecule has 0 amide bonds. The topological polar surface area (TPSA) is 97.1 Å². The van der Waals surface area contributed by atoms with Crippen LogP contribution in [0.3, 0.4) is 0 Å². The Morgan fingerprint density at radius 2 is 0.788 bits per heavy atom. The van der Waals surface area contributed by atoms with Crippen molar-refractivity contribution in [3.8, 4) is 28.6 Å². The van der Waals surface area contributed by atoms with Gasteiger partial charge in [0.1, 0.15) is 6.07 Å². The lowest BCUT2D eigenvalue weighted by atomic mass is 10.0. The molecule has 0 spiro atoms. The molecule has 0 aliphatic heterocycles. The highest BCUT2D eigenvalue weighted by Crippen LogP contribution is 2.40. The Kier molecular flexibility index (Phi) is 12.2. The molecule has 326 valence electrons. The van der Waals surface area contributed by atoms with Gasteiger partial charge in [-0.2, -0.15) is 5.26 Å². The molecule has 6 aromatic carbocycles. The van der Waals surface area contributed by atoms with Crippen LogP contribution in [0.5, 0.6) is 0 Å². The minimum absolute atomic E-state index is 0.236. The summed E-state index contributed by atoms with van der Waals surface area (Å²) in [7, 11) is 6.03. The molecule has 0 bridgehead atoms. The number of carbonyl (C=O) groups is 2. The molecule has 2 heterocycles. The van der Waals surface area contributed by atoms with Crippen molar-refractivity contribution in [3.05, 3.63) is 190 Å². The van der Waals surface area contributed by atoms with Gasteiger partial charge in [0.2, 0.25) is 0 Å². The molecular weight excluding hydrogens is 821 g/mol. The first-order valence-electron chi connectivity index (χ1n) is 21.4. The van der Waals surface area contributed by atoms with E-state index in [-0.39, 0.29) is 22.0 Å². The van der Waals surface area contributed by atoms with E-state index in [2.05, 4.69) is 145 Å². The maximum Gasteiger partial charge on any atom is 0.350 e. The first-order chi connectivity index (χ1) is 31.9. The summed E-state index contributed by atoms with van der Waals surface area (Å²) < 4.78 is 14.0. The number of esters is 2. The van der Waals surface area contributed by atoms with E-state index in [9.17, 15) is 14.9 Å². The van der Waals surface area contributed by atoms with Crippen LogP contribution < -0.4 is 20.5 Å². The molecule has 0 aliphatic carbocycles. The minimum atomic E-state index is -0.824. The summed E-state index contributed by atoms with van der Waals surface area (Å²) in [6.45, 7) is 16.6. The number of hydrogen-bond acceptors (Lipinski definition) is 7. The van der Waals surface area contributed by atoms with Gasteiger partial charge in [-0.05, 0) is 112 Å². The number of hydrogen-bond donors (Lipinski definition) is 0. The Bertz CT molecular complexity index is 3030. The SMILES string of the molecule is [C-]#[N+]C(C(=O)OC)=c1c2c(-c3ccc(N(c4ccc(C)cc4)c4ccc(C)cc4)cc3)n(C)c(=C(C#N)C(=O)OC)c2c(-c2ccc(N(c3ccc(C)cc3)c3ccc(C)cc3)cc2)n1C. The highest BCUT2D eigenvalue weighted by Gasteiger charge is 2.29. The molecule has 0 radical (unpaired) electrons. The monoisotopic (exact) mass is 868 g/mol. The fraction of sp³-hybridized carbons (Fsp3) is 0.143. The number of nitriles is 1. The van der Waals surface area contributed by atoms with Crippen molar-refractivity contribution >= 4 is 68.1 Å². The number of methoxy groups -OCH3 is 2. The van der Waals surface area contributed by atoms with Gasteiger partial charge < -0.3 is 28.4 Å². The van der Waals surface area contributed by atoms with E-state index in [4.69, 9.17) is 16.0 Å². The number of aryl methyl sites for hydroxylation is 4. The number of nitrogens with zero attached hydrogens (tertiary/aromatic N) is 6. The lowest BCUT2D eigenvalue weighted by Gasteiger charge is -2.26. The molecule has 0 N–H and O–H groups in total. The second-order valence-corrected chi connectivity index (χ2v) is 16.3. The Hall–Kier alpha value is -8.60. The van der Waals surface area contributed by atoms with Gasteiger partial charge in [0.25, 0.3) is 5.70 Å². The van der Waals surface area contributed by atoms with Crippen molar-refractivity contribution < 1.29 is 19.1 Å². The molecule has 0 saturated heterocycles. The summed E-state index contributed by atoms with van der Waals surface area (Å²) in [5, 5.41) is 12.2. The zero-order valence-electron chi connectivity index (χ0n) is 38.2. The van der Waals surface area contributed by atoms with Crippen molar-refractivity contribution in [2.24, 2.45) is 14.1 Å². The summed E-state index contributed by atoms with van der Waals surface area (Å²) in [4.78, 5) is 35.3. The molecular formula is C56H48N6O4. The molecule has 0 aliphatic rings. The number of fused-ring (bicyclic) bond motifs is 1. The van der Waals surface area contributed by atoms with Crippen molar-refractivity contribution in [2.75, 3.05) is 24.0 Å². The van der Waals surface area contributed by atoms with E-state index in [1.54, 1.807) is 23.2 Å². The molecule has 0 atom stereocenters. The summed E-state index contributed by atoms with van der Waals surface area (Å²) in [5.41, 5.74) is 12.3. The third kappa shape index (κ3) is 7.97. The Morgan fingerprint density at radius 1 is 0.500 bits per heavy atom. The van der Waals surface area contributed by atoms with Crippen LogP contribution in [-0.4, -0.2) is 35.3 Å². The van der Waals surface area contributed by atoms with E-state index < -0.39 is 11.9 Å². The first kappa shape index (κ1) is 44.0. The zero-order valence-corrected chi connectivity index (χ0v) is 38.2. The van der Waals surface area contributed by atoms with Gasteiger partial charge in [-0.25, -0.2) is 9.64 Å². The van der Waals surface area contributed by atoms with Gasteiger partial charge >= 0.3 is 11.9 Å². The summed E-state index contributed by atoms with van der Waals surface area (Å²) in [6, 6.07) is 51.4. The highest BCUT2D eigenvalue weighted by atomic mass is 16.5. The lowest BCUT2D eigenvalue weighted by molar-refractivity contribution is -0.134. The number of benzene rings is 6. The first-order valence-corrected chi connectivity index (χ1v) is 21.4. The maximum atomic E-state index is 13.6. The van der Waals surface area contributed by atoms with Crippen LogP contribution in [0.1, 0.15) is 22.3 Å². The van der Waals surface area contributed by atoms with Crippen LogP contribution in [0.25, 0.3) is 49.4 Å². The quantitative estimate of drug-likeness (QED) is 0.0997. The molecule has 8 aromatic rings. The molecule has 66 heavy (non-hydrogen) atoms. The van der Waals surface area contributed by atoms with Crippen molar-refractivity contribution in [1.82, 2.24) is 9.13 Å². The van der Waals surface area contributed by atoms with Crippen LogP contribution in [0, 0.1) is 45.6 Å². The molecule has 8 rings (SSSR count). The van der Waals surface area contributed by atoms with E-state index in [1.165, 1.54) is 14.2 Å². The predicted molar refractivity (Wildman–Crippen MR) is 263 cm³/mol. The summed E-state index contributed by atoms with van der Waals surface area (Å²) in [6.07, 6.45) is 0. The van der Waals surface area contributed by atoms with Crippen LogP contribution in [-0.2, 0) is 33.2 Å². The Morgan fingerprint density at radius 3 is 1.08 bits per heavy atom. The van der Waals surface area contributed by atoms with Gasteiger partial charge in [-0.15, -0.1) is 0 Å². The predicted octanol–water partition coefficient (Wildman–Crippen LogP) is 11.1. The van der Waals surface area contributed by atoms with Crippen molar-refractivity contribution in [3.63, 3.8) is 0 Å². The molecule has 0 unspecified atom stereocenters. The lowest BCUT2D eigenvalue weighted by Crippen LogP contribution is -2.24. The Balaban J connectivity index is 1.41. The molecule has 10 nitrogen and oxygen atoms in total. The van der Waals surface area contributed by atoms with E-state index in [1.807, 2.05) is 48.5 Å². The van der Waals surface area contributed by atoms with Gasteiger partial charge in [-0.1, -0.05) is 95.1 Å². The van der Waals surface area contributed by atoms with Crippen LogP contribution in [0.4, 0.5) is 34.1 Å². The number of rotatable bonds is 10.